The van der Waals surface area contributed by atoms with Gasteiger partial charge in [-0.1, -0.05) is 22.8 Å². The maximum Gasteiger partial charge on any atom is 0.158 e. The Labute approximate surface area is 207 Å². The summed E-state index contributed by atoms with van der Waals surface area (Å²) in [6, 6.07) is 5.80. The number of nitrogens with one attached hydrogen (secondary N) is 2. The van der Waals surface area contributed by atoms with Crippen molar-refractivity contribution >= 4 is 45.0 Å². The standard InChI is InChI=1S/C24H27ClN8O2/c1-3-33-24-18(13-28-33)21-17(12-27-24)22(29-15-5-7-16(32-34)8-6-15)30-31-23(21)26-11-14-4-9-20(35-2)19(25)10-14/h4,9-10,12-13,15-16H,3,5-8,11H2,1-2H3,(H,26,31)(H,29,30). The van der Waals surface area contributed by atoms with Gasteiger partial charge in [-0.3, -0.25) is 0 Å². The SMILES string of the molecule is CCn1ncc2c3c(NCc4ccc(OC)c(Cl)c4)nnc(NC4CCC(N=O)CC4)c3cnc21. The third-order valence-corrected chi connectivity index (χ3v) is 6.87. The van der Waals surface area contributed by atoms with E-state index in [0.717, 1.165) is 53.1 Å². The molecule has 1 fully saturated rings. The van der Waals surface area contributed by atoms with Crippen LogP contribution in [-0.2, 0) is 13.1 Å². The number of fused-ring (bicyclic) bond motifs is 3. The molecule has 182 valence electrons. The molecule has 1 aliphatic carbocycles. The molecular formula is C24H27ClN8O2. The third-order valence-electron chi connectivity index (χ3n) is 6.57. The molecule has 2 N–H and O–H groups in total. The molecule has 0 amide bonds. The smallest absolute Gasteiger partial charge is 0.158 e. The van der Waals surface area contributed by atoms with Crippen molar-refractivity contribution in [3.63, 3.8) is 0 Å². The zero-order valence-corrected chi connectivity index (χ0v) is 20.4. The second kappa shape index (κ2) is 9.99. The summed E-state index contributed by atoms with van der Waals surface area (Å²) in [7, 11) is 1.59. The second-order valence-electron chi connectivity index (χ2n) is 8.72. The Kier molecular flexibility index (Phi) is 6.63. The Bertz CT molecular complexity index is 1370. The molecule has 3 heterocycles. The number of hydrogen-bond donors (Lipinski definition) is 2. The van der Waals surface area contributed by atoms with Gasteiger partial charge in [-0.2, -0.15) is 10.0 Å². The summed E-state index contributed by atoms with van der Waals surface area (Å²) in [6.07, 6.45) is 6.94. The van der Waals surface area contributed by atoms with Gasteiger partial charge in [-0.25, -0.2) is 9.67 Å². The Morgan fingerprint density at radius 2 is 1.94 bits per heavy atom. The first kappa shape index (κ1) is 23.2. The number of aromatic nitrogens is 5. The minimum Gasteiger partial charge on any atom is -0.495 e. The van der Waals surface area contributed by atoms with Crippen molar-refractivity contribution in [2.24, 2.45) is 5.18 Å². The summed E-state index contributed by atoms with van der Waals surface area (Å²) in [5, 5.41) is 27.0. The number of halogens is 1. The normalized spacial score (nSPS) is 18.0. The van der Waals surface area contributed by atoms with Crippen LogP contribution in [0.5, 0.6) is 5.75 Å². The monoisotopic (exact) mass is 494 g/mol. The highest BCUT2D eigenvalue weighted by Gasteiger charge is 2.23. The zero-order chi connectivity index (χ0) is 24.4. The summed E-state index contributed by atoms with van der Waals surface area (Å²) in [5.74, 6) is 1.96. The molecule has 5 rings (SSSR count). The number of methoxy groups -OCH3 is 1. The van der Waals surface area contributed by atoms with Crippen LogP contribution in [0.1, 0.15) is 38.2 Å². The molecule has 0 saturated heterocycles. The van der Waals surface area contributed by atoms with Gasteiger partial charge in [0.2, 0.25) is 0 Å². The van der Waals surface area contributed by atoms with Crippen molar-refractivity contribution < 1.29 is 4.74 Å². The van der Waals surface area contributed by atoms with Gasteiger partial charge < -0.3 is 15.4 Å². The molecule has 4 aromatic rings. The van der Waals surface area contributed by atoms with E-state index < -0.39 is 0 Å². The number of benzene rings is 1. The quantitative estimate of drug-likeness (QED) is 0.322. The van der Waals surface area contributed by atoms with Gasteiger partial charge in [0, 0.05) is 36.1 Å². The average Bonchev–Trinajstić information content (AvgIpc) is 3.32. The van der Waals surface area contributed by atoms with Gasteiger partial charge in [0.25, 0.3) is 0 Å². The number of hydrogen-bond acceptors (Lipinski definition) is 9. The summed E-state index contributed by atoms with van der Waals surface area (Å²) >= 11 is 6.30. The molecule has 0 radical (unpaired) electrons. The summed E-state index contributed by atoms with van der Waals surface area (Å²) < 4.78 is 7.11. The fraction of sp³-hybridized carbons (Fsp3) is 0.417. The van der Waals surface area contributed by atoms with E-state index in [1.807, 2.05) is 42.2 Å². The fourth-order valence-electron chi connectivity index (χ4n) is 4.65. The lowest BCUT2D eigenvalue weighted by Gasteiger charge is -2.26. The molecular weight excluding hydrogens is 468 g/mol. The highest BCUT2D eigenvalue weighted by molar-refractivity contribution is 6.32. The Morgan fingerprint density at radius 3 is 2.66 bits per heavy atom. The lowest BCUT2D eigenvalue weighted by molar-refractivity contribution is 0.410. The molecule has 1 saturated carbocycles. The number of anilines is 2. The molecule has 1 aliphatic rings. The van der Waals surface area contributed by atoms with Crippen molar-refractivity contribution in [1.29, 1.82) is 0 Å². The lowest BCUT2D eigenvalue weighted by Crippen LogP contribution is -2.28. The predicted molar refractivity (Wildman–Crippen MR) is 137 cm³/mol. The minimum atomic E-state index is -0.0879. The first-order valence-corrected chi connectivity index (χ1v) is 12.1. The van der Waals surface area contributed by atoms with Crippen LogP contribution in [0.4, 0.5) is 11.6 Å². The fourth-order valence-corrected chi connectivity index (χ4v) is 4.93. The van der Waals surface area contributed by atoms with E-state index in [4.69, 9.17) is 16.3 Å². The zero-order valence-electron chi connectivity index (χ0n) is 19.7. The van der Waals surface area contributed by atoms with E-state index in [-0.39, 0.29) is 12.1 Å². The predicted octanol–water partition coefficient (Wildman–Crippen LogP) is 5.16. The first-order valence-electron chi connectivity index (χ1n) is 11.8. The van der Waals surface area contributed by atoms with Crippen LogP contribution in [0.3, 0.4) is 0 Å². The molecule has 1 aromatic carbocycles. The van der Waals surface area contributed by atoms with Crippen LogP contribution < -0.4 is 15.4 Å². The summed E-state index contributed by atoms with van der Waals surface area (Å²) in [6.45, 7) is 3.26. The average molecular weight is 495 g/mol. The van der Waals surface area contributed by atoms with Gasteiger partial charge in [0.15, 0.2) is 17.3 Å². The maximum absolute atomic E-state index is 10.9. The van der Waals surface area contributed by atoms with Crippen LogP contribution in [-0.4, -0.2) is 44.2 Å². The molecule has 10 nitrogen and oxygen atoms in total. The Balaban J connectivity index is 1.50. The molecule has 0 unspecified atom stereocenters. The molecule has 0 aliphatic heterocycles. The van der Waals surface area contributed by atoms with E-state index >= 15 is 0 Å². The largest absolute Gasteiger partial charge is 0.495 e. The molecule has 11 heteroatoms. The van der Waals surface area contributed by atoms with Crippen molar-refractivity contribution in [3.8, 4) is 5.75 Å². The van der Waals surface area contributed by atoms with E-state index in [1.54, 1.807) is 7.11 Å². The van der Waals surface area contributed by atoms with Gasteiger partial charge in [-0.15, -0.1) is 10.2 Å². The van der Waals surface area contributed by atoms with Crippen molar-refractivity contribution in [2.45, 2.75) is 57.8 Å². The number of nitroso groups, excluding NO2 is 1. The maximum atomic E-state index is 10.9. The van der Waals surface area contributed by atoms with Crippen molar-refractivity contribution in [2.75, 3.05) is 17.7 Å². The number of aryl methyl sites for hydroxylation is 1. The first-order chi connectivity index (χ1) is 17.1. The van der Waals surface area contributed by atoms with E-state index in [1.165, 1.54) is 0 Å². The van der Waals surface area contributed by atoms with Crippen LogP contribution in [0.25, 0.3) is 21.8 Å². The number of ether oxygens (including phenoxy) is 1. The lowest BCUT2D eigenvalue weighted by atomic mass is 9.91. The third kappa shape index (κ3) is 4.58. The van der Waals surface area contributed by atoms with E-state index in [0.29, 0.717) is 35.5 Å². The summed E-state index contributed by atoms with van der Waals surface area (Å²) in [5.41, 5.74) is 1.79. The van der Waals surface area contributed by atoms with Crippen LogP contribution in [0, 0.1) is 4.91 Å². The highest BCUT2D eigenvalue weighted by atomic mass is 35.5. The number of pyridine rings is 1. The highest BCUT2D eigenvalue weighted by Crippen LogP contribution is 2.34. The van der Waals surface area contributed by atoms with E-state index in [2.05, 4.69) is 36.1 Å². The van der Waals surface area contributed by atoms with Gasteiger partial charge >= 0.3 is 0 Å². The topological polar surface area (TPSA) is 119 Å². The van der Waals surface area contributed by atoms with Gasteiger partial charge in [0.1, 0.15) is 5.75 Å². The van der Waals surface area contributed by atoms with Crippen LogP contribution in [0.15, 0.2) is 35.8 Å². The molecule has 0 spiro atoms. The molecule has 0 bridgehead atoms. The molecule has 3 aromatic heterocycles. The van der Waals surface area contributed by atoms with Gasteiger partial charge in [0.05, 0.1) is 29.8 Å². The minimum absolute atomic E-state index is 0.0879. The van der Waals surface area contributed by atoms with Crippen molar-refractivity contribution in [1.82, 2.24) is 25.0 Å². The van der Waals surface area contributed by atoms with E-state index in [9.17, 15) is 4.91 Å². The number of nitrogens with zero attached hydrogens (tertiary/aromatic N) is 6. The van der Waals surface area contributed by atoms with Crippen molar-refractivity contribution in [3.05, 3.63) is 46.1 Å². The second-order valence-corrected chi connectivity index (χ2v) is 9.13. The molecule has 0 atom stereocenters. The Hall–Kier alpha value is -3.53. The number of rotatable bonds is 8. The van der Waals surface area contributed by atoms with Crippen LogP contribution >= 0.6 is 11.6 Å². The molecule has 35 heavy (non-hydrogen) atoms. The Morgan fingerprint density at radius 1 is 1.14 bits per heavy atom. The summed E-state index contributed by atoms with van der Waals surface area (Å²) in [4.78, 5) is 15.6. The van der Waals surface area contributed by atoms with Gasteiger partial charge in [-0.05, 0) is 50.3 Å². The van der Waals surface area contributed by atoms with Crippen LogP contribution in [0.2, 0.25) is 5.02 Å².